The molecule has 0 atom stereocenters. The van der Waals surface area contributed by atoms with Crippen LogP contribution in [0.5, 0.6) is 11.5 Å². The van der Waals surface area contributed by atoms with Crippen LogP contribution in [0.2, 0.25) is 0 Å². The van der Waals surface area contributed by atoms with E-state index in [9.17, 15) is 4.79 Å². The van der Waals surface area contributed by atoms with Gasteiger partial charge in [-0.3, -0.25) is 4.79 Å². The Morgan fingerprint density at radius 2 is 1.78 bits per heavy atom. The van der Waals surface area contributed by atoms with Gasteiger partial charge in [0.1, 0.15) is 11.5 Å². The molecule has 0 aliphatic carbocycles. The molecule has 0 fully saturated rings. The van der Waals surface area contributed by atoms with Crippen LogP contribution in [0, 0.1) is 13.8 Å². The van der Waals surface area contributed by atoms with E-state index >= 15 is 0 Å². The maximum Gasteiger partial charge on any atom is 0.253 e. The van der Waals surface area contributed by atoms with Crippen molar-refractivity contribution in [2.75, 3.05) is 26.1 Å². The number of benzene rings is 3. The molecule has 6 nitrogen and oxygen atoms in total. The summed E-state index contributed by atoms with van der Waals surface area (Å²) in [4.78, 5) is 18.2. The molecule has 2 N–H and O–H groups in total. The number of aromatic amines is 1. The average molecular weight is 502 g/mol. The number of anilines is 1. The number of hydrogen-bond donors (Lipinski definition) is 2. The molecule has 4 rings (SSSR count). The van der Waals surface area contributed by atoms with Crippen LogP contribution < -0.4 is 20.3 Å². The monoisotopic (exact) mass is 501 g/mol. The number of methoxy groups -OCH3 is 2. The number of nitrogens with one attached hydrogen (secondary N) is 2. The maximum absolute atomic E-state index is 13.1. The van der Waals surface area contributed by atoms with Crippen molar-refractivity contribution in [1.82, 2.24) is 9.88 Å². The van der Waals surface area contributed by atoms with Gasteiger partial charge < -0.3 is 24.7 Å². The van der Waals surface area contributed by atoms with E-state index in [1.54, 1.807) is 20.3 Å². The van der Waals surface area contributed by atoms with Crippen LogP contribution in [0.1, 0.15) is 22.3 Å². The van der Waals surface area contributed by atoms with Crippen LogP contribution in [0.3, 0.4) is 0 Å². The summed E-state index contributed by atoms with van der Waals surface area (Å²) in [6, 6.07) is 21.8. The van der Waals surface area contributed by atoms with Gasteiger partial charge in [0.05, 0.1) is 32.0 Å². The second-order valence-electron chi connectivity index (χ2n) is 8.75. The zero-order valence-electron chi connectivity index (χ0n) is 21.1. The third-order valence-corrected chi connectivity index (χ3v) is 6.80. The highest BCUT2D eigenvalue weighted by atomic mass is 32.1. The predicted octanol–water partition coefficient (Wildman–Crippen LogP) is 5.60. The van der Waals surface area contributed by atoms with Crippen LogP contribution in [-0.2, 0) is 13.0 Å². The summed E-state index contributed by atoms with van der Waals surface area (Å²) in [5, 5.41) is 4.82. The van der Waals surface area contributed by atoms with Gasteiger partial charge in [0.2, 0.25) is 0 Å². The number of aromatic nitrogens is 1. The SMILES string of the molecule is COc1ccc(NC(=S)N(CCc2ccccc2)Cc2cc3ccc(C)c(C)c3[nH]c2=O)c(OC)c1. The summed E-state index contributed by atoms with van der Waals surface area (Å²) in [7, 11) is 3.22. The molecule has 4 aromatic rings. The molecule has 186 valence electrons. The lowest BCUT2D eigenvalue weighted by Crippen LogP contribution is -2.37. The Morgan fingerprint density at radius 1 is 1.00 bits per heavy atom. The third-order valence-electron chi connectivity index (χ3n) is 6.44. The Bertz CT molecular complexity index is 1430. The molecule has 1 aromatic heterocycles. The third kappa shape index (κ3) is 5.69. The van der Waals surface area contributed by atoms with Gasteiger partial charge >= 0.3 is 0 Å². The zero-order valence-corrected chi connectivity index (χ0v) is 21.9. The van der Waals surface area contributed by atoms with E-state index in [-0.39, 0.29) is 5.56 Å². The smallest absolute Gasteiger partial charge is 0.253 e. The number of pyridine rings is 1. The van der Waals surface area contributed by atoms with Crippen molar-refractivity contribution in [2.45, 2.75) is 26.8 Å². The Balaban J connectivity index is 1.63. The van der Waals surface area contributed by atoms with Crippen LogP contribution in [-0.4, -0.2) is 35.8 Å². The predicted molar refractivity (Wildman–Crippen MR) is 150 cm³/mol. The molecule has 0 unspecified atom stereocenters. The standard InChI is InChI=1S/C29H31N3O3S/c1-19-10-11-22-16-23(28(33)31-27(22)20(19)2)18-32(15-14-21-8-6-5-7-9-21)29(36)30-25-13-12-24(34-3)17-26(25)35-4/h5-13,16-17H,14-15,18H2,1-4H3,(H,30,36)(H,31,33). The van der Waals surface area contributed by atoms with E-state index < -0.39 is 0 Å². The molecule has 3 aromatic carbocycles. The Hall–Kier alpha value is -3.84. The lowest BCUT2D eigenvalue weighted by Gasteiger charge is -2.26. The number of H-pyrrole nitrogens is 1. The van der Waals surface area contributed by atoms with Crippen molar-refractivity contribution in [3.05, 3.63) is 99.3 Å². The minimum atomic E-state index is -0.106. The van der Waals surface area contributed by atoms with Crippen molar-refractivity contribution in [3.8, 4) is 11.5 Å². The minimum absolute atomic E-state index is 0.106. The van der Waals surface area contributed by atoms with Crippen LogP contribution in [0.15, 0.2) is 71.5 Å². The molecule has 0 aliphatic rings. The quantitative estimate of drug-likeness (QED) is 0.306. The molecule has 0 saturated carbocycles. The number of hydrogen-bond acceptors (Lipinski definition) is 4. The highest BCUT2D eigenvalue weighted by Gasteiger charge is 2.16. The summed E-state index contributed by atoms with van der Waals surface area (Å²) in [6.07, 6.45) is 0.784. The first-order chi connectivity index (χ1) is 17.4. The summed E-state index contributed by atoms with van der Waals surface area (Å²) in [5.41, 5.74) is 5.59. The molecule has 1 heterocycles. The van der Waals surface area contributed by atoms with E-state index in [4.69, 9.17) is 21.7 Å². The summed E-state index contributed by atoms with van der Waals surface area (Å²) in [6.45, 7) is 5.08. The highest BCUT2D eigenvalue weighted by molar-refractivity contribution is 7.80. The number of nitrogens with zero attached hydrogens (tertiary/aromatic N) is 1. The first-order valence-corrected chi connectivity index (χ1v) is 12.2. The van der Waals surface area contributed by atoms with E-state index in [0.29, 0.717) is 35.3 Å². The first kappa shape index (κ1) is 25.3. The normalized spacial score (nSPS) is 10.8. The Morgan fingerprint density at radius 3 is 2.50 bits per heavy atom. The van der Waals surface area contributed by atoms with E-state index in [1.807, 2.05) is 61.2 Å². The van der Waals surface area contributed by atoms with Crippen molar-refractivity contribution < 1.29 is 9.47 Å². The maximum atomic E-state index is 13.1. The number of aryl methyl sites for hydroxylation is 2. The largest absolute Gasteiger partial charge is 0.497 e. The highest BCUT2D eigenvalue weighted by Crippen LogP contribution is 2.29. The second kappa shape index (κ2) is 11.3. The van der Waals surface area contributed by atoms with Gasteiger partial charge in [-0.1, -0.05) is 42.5 Å². The van der Waals surface area contributed by atoms with Crippen molar-refractivity contribution in [2.24, 2.45) is 0 Å². The topological polar surface area (TPSA) is 66.6 Å². The van der Waals surface area contributed by atoms with E-state index in [1.165, 1.54) is 5.56 Å². The number of thiocarbonyl (C=S) groups is 1. The molecular formula is C29H31N3O3S. The second-order valence-corrected chi connectivity index (χ2v) is 9.14. The minimum Gasteiger partial charge on any atom is -0.497 e. The number of rotatable bonds is 8. The fourth-order valence-electron chi connectivity index (χ4n) is 4.15. The lowest BCUT2D eigenvalue weighted by molar-refractivity contribution is 0.395. The number of fused-ring (bicyclic) bond motifs is 1. The molecule has 36 heavy (non-hydrogen) atoms. The van der Waals surface area contributed by atoms with Gasteiger partial charge in [0, 0.05) is 18.2 Å². The lowest BCUT2D eigenvalue weighted by atomic mass is 10.0. The number of ether oxygens (including phenoxy) is 2. The molecule has 0 amide bonds. The van der Waals surface area contributed by atoms with E-state index in [0.717, 1.165) is 34.1 Å². The molecule has 0 bridgehead atoms. The summed E-state index contributed by atoms with van der Waals surface area (Å²) < 4.78 is 10.8. The van der Waals surface area contributed by atoms with Crippen LogP contribution in [0.4, 0.5) is 5.69 Å². The van der Waals surface area contributed by atoms with Crippen molar-refractivity contribution in [3.63, 3.8) is 0 Å². The fraction of sp³-hybridized carbons (Fsp3) is 0.241. The Kier molecular flexibility index (Phi) is 7.90. The average Bonchev–Trinajstić information content (AvgIpc) is 2.90. The van der Waals surface area contributed by atoms with Crippen LogP contribution in [0.25, 0.3) is 10.9 Å². The molecule has 7 heteroatoms. The van der Waals surface area contributed by atoms with Crippen molar-refractivity contribution in [1.29, 1.82) is 0 Å². The van der Waals surface area contributed by atoms with Gasteiger partial charge in [0.25, 0.3) is 5.56 Å². The fourth-order valence-corrected chi connectivity index (χ4v) is 4.42. The summed E-state index contributed by atoms with van der Waals surface area (Å²) in [5.74, 6) is 1.31. The zero-order chi connectivity index (χ0) is 25.7. The van der Waals surface area contributed by atoms with Crippen LogP contribution >= 0.6 is 12.2 Å². The molecule has 0 aliphatic heterocycles. The Labute approximate surface area is 216 Å². The van der Waals surface area contributed by atoms with Gasteiger partial charge in [-0.25, -0.2) is 0 Å². The molecule has 0 saturated heterocycles. The molecule has 0 radical (unpaired) electrons. The summed E-state index contributed by atoms with van der Waals surface area (Å²) >= 11 is 5.83. The molecule has 0 spiro atoms. The first-order valence-electron chi connectivity index (χ1n) is 11.8. The molecular weight excluding hydrogens is 470 g/mol. The van der Waals surface area contributed by atoms with Gasteiger partial charge in [-0.05, 0) is 72.8 Å². The van der Waals surface area contributed by atoms with Crippen molar-refractivity contribution >= 4 is 33.9 Å². The van der Waals surface area contributed by atoms with Gasteiger partial charge in [-0.15, -0.1) is 0 Å². The van der Waals surface area contributed by atoms with E-state index in [2.05, 4.69) is 28.5 Å². The van der Waals surface area contributed by atoms with Gasteiger partial charge in [-0.2, -0.15) is 0 Å². The van der Waals surface area contributed by atoms with Gasteiger partial charge in [0.15, 0.2) is 5.11 Å².